The molecule has 0 fully saturated rings. The number of amides is 1. The van der Waals surface area contributed by atoms with Crippen LogP contribution in [0.25, 0.3) is 0 Å². The second-order valence-electron chi connectivity index (χ2n) is 5.50. The standard InChI is InChI=1S/C17H13I4NO5.Na/c1-7(23)22-14(17(25)26)4-8-2-12(20)16(13(21)3-8)27-9-5-10(18)15(24)11(19)6-9;/h2-3,5-6,14,24H,4H2,1H3,(H,22,23)(H,25,26);/q;+1/p-1/t14-;/m1./s1. The normalized spacial score (nSPS) is 11.3. The fourth-order valence-electron chi connectivity index (χ4n) is 2.22. The third-order valence-electron chi connectivity index (χ3n) is 3.37. The zero-order valence-corrected chi connectivity index (χ0v) is 25.3. The summed E-state index contributed by atoms with van der Waals surface area (Å²) in [6, 6.07) is 6.00. The maximum atomic E-state index is 11.2. The van der Waals surface area contributed by atoms with Crippen LogP contribution in [0, 0.1) is 14.3 Å². The molecule has 28 heavy (non-hydrogen) atoms. The molecule has 2 N–H and O–H groups in total. The Morgan fingerprint density at radius 1 is 1.07 bits per heavy atom. The number of aliphatic carboxylic acids is 1. The minimum atomic E-state index is -1.33. The first-order chi connectivity index (χ1) is 12.6. The molecule has 0 heterocycles. The molecule has 144 valence electrons. The Bertz CT molecular complexity index is 863. The molecule has 0 radical (unpaired) electrons. The van der Waals surface area contributed by atoms with Crippen molar-refractivity contribution >= 4 is 102 Å². The summed E-state index contributed by atoms with van der Waals surface area (Å²) in [5, 5.41) is 23.5. The number of aromatic hydroxyl groups is 1. The first-order valence-corrected chi connectivity index (χ1v) is 11.7. The van der Waals surface area contributed by atoms with Crippen LogP contribution in [-0.4, -0.2) is 23.0 Å². The summed E-state index contributed by atoms with van der Waals surface area (Å²) in [5.41, 5.74) is 0.744. The smallest absolute Gasteiger partial charge is 0.548 e. The van der Waals surface area contributed by atoms with E-state index in [9.17, 15) is 19.8 Å². The number of carbonyl (C=O) groups is 2. The SMILES string of the molecule is CC(=O)N[C@H](Cc1cc(I)c(Oc2cc(I)c(O)c(I)c2)c(I)c1)C(=O)[O-].[Na+]. The van der Waals surface area contributed by atoms with E-state index in [2.05, 4.69) is 50.5 Å². The van der Waals surface area contributed by atoms with Gasteiger partial charge in [0, 0.05) is 6.92 Å². The number of carboxylic acids is 1. The number of ether oxygens (including phenoxy) is 1. The first kappa shape index (κ1) is 26.9. The van der Waals surface area contributed by atoms with E-state index in [0.717, 1.165) is 12.7 Å². The van der Waals surface area contributed by atoms with Crippen LogP contribution in [0.5, 0.6) is 17.2 Å². The van der Waals surface area contributed by atoms with Crippen LogP contribution < -0.4 is 44.7 Å². The van der Waals surface area contributed by atoms with Gasteiger partial charge in [-0.05, 0) is 127 Å². The predicted octanol–water partition coefficient (Wildman–Crippen LogP) is 0.404. The van der Waals surface area contributed by atoms with Crippen LogP contribution in [0.3, 0.4) is 0 Å². The molecule has 0 spiro atoms. The van der Waals surface area contributed by atoms with E-state index < -0.39 is 17.9 Å². The number of hydrogen-bond acceptors (Lipinski definition) is 5. The van der Waals surface area contributed by atoms with Crippen molar-refractivity contribution in [2.75, 3.05) is 0 Å². The van der Waals surface area contributed by atoms with Crippen LogP contribution in [0.1, 0.15) is 12.5 Å². The van der Waals surface area contributed by atoms with Gasteiger partial charge in [-0.2, -0.15) is 0 Å². The molecule has 1 atom stereocenters. The van der Waals surface area contributed by atoms with Gasteiger partial charge in [-0.1, -0.05) is 0 Å². The van der Waals surface area contributed by atoms with E-state index in [1.165, 1.54) is 6.92 Å². The predicted molar refractivity (Wildman–Crippen MR) is 132 cm³/mol. The second-order valence-corrected chi connectivity index (χ2v) is 10.2. The van der Waals surface area contributed by atoms with E-state index in [1.807, 2.05) is 57.3 Å². The summed E-state index contributed by atoms with van der Waals surface area (Å²) >= 11 is 8.31. The Hall–Kier alpha value is 0.900. The number of hydrogen-bond donors (Lipinski definition) is 2. The van der Waals surface area contributed by atoms with Crippen molar-refractivity contribution < 1.29 is 54.1 Å². The molecule has 0 bridgehead atoms. The van der Waals surface area contributed by atoms with E-state index in [4.69, 9.17) is 4.74 Å². The molecule has 0 saturated carbocycles. The largest absolute Gasteiger partial charge is 1.00 e. The molecule has 2 aromatic rings. The Labute approximate surface area is 238 Å². The molecule has 0 aliphatic carbocycles. The van der Waals surface area contributed by atoms with E-state index in [1.54, 1.807) is 12.1 Å². The minimum absolute atomic E-state index is 0. The van der Waals surface area contributed by atoms with Crippen molar-refractivity contribution in [1.82, 2.24) is 5.32 Å². The average molecular weight is 841 g/mol. The summed E-state index contributed by atoms with van der Waals surface area (Å²) in [6.45, 7) is 1.26. The number of phenolic OH excluding ortho intramolecular Hbond substituents is 1. The maximum absolute atomic E-state index is 11.2. The van der Waals surface area contributed by atoms with Gasteiger partial charge in [0.2, 0.25) is 5.91 Å². The quantitative estimate of drug-likeness (QED) is 0.325. The molecule has 0 aromatic heterocycles. The van der Waals surface area contributed by atoms with Crippen molar-refractivity contribution in [3.8, 4) is 17.2 Å². The summed E-state index contributed by atoms with van der Waals surface area (Å²) < 4.78 is 8.96. The number of carboxylic acid groups (broad SMARTS) is 1. The summed E-state index contributed by atoms with van der Waals surface area (Å²) in [6.07, 6.45) is 0.114. The molecule has 2 rings (SSSR count). The third-order valence-corrected chi connectivity index (χ3v) is 6.62. The van der Waals surface area contributed by atoms with Crippen molar-refractivity contribution in [2.45, 2.75) is 19.4 Å². The van der Waals surface area contributed by atoms with E-state index in [-0.39, 0.29) is 41.7 Å². The molecule has 11 heteroatoms. The molecule has 1 amide bonds. The van der Waals surface area contributed by atoms with E-state index >= 15 is 0 Å². The number of phenols is 1. The molecule has 0 unspecified atom stereocenters. The molecular formula is C17H12I4NNaO5. The van der Waals surface area contributed by atoms with Crippen molar-refractivity contribution in [3.05, 3.63) is 44.1 Å². The van der Waals surface area contributed by atoms with Gasteiger partial charge in [0.15, 0.2) is 5.75 Å². The number of rotatable bonds is 6. The number of halogens is 4. The van der Waals surface area contributed by atoms with Gasteiger partial charge in [0.25, 0.3) is 0 Å². The number of nitrogens with one attached hydrogen (secondary N) is 1. The molecular weight excluding hydrogens is 829 g/mol. The molecule has 0 saturated heterocycles. The molecule has 0 aliphatic rings. The molecule has 0 aliphatic heterocycles. The fraction of sp³-hybridized carbons (Fsp3) is 0.176. The molecule has 2 aromatic carbocycles. The Balaban J connectivity index is 0.00000392. The van der Waals surface area contributed by atoms with Gasteiger partial charge >= 0.3 is 29.6 Å². The van der Waals surface area contributed by atoms with Gasteiger partial charge in [0.1, 0.15) is 11.5 Å². The van der Waals surface area contributed by atoms with Crippen LogP contribution in [0.2, 0.25) is 0 Å². The zero-order chi connectivity index (χ0) is 20.3. The van der Waals surface area contributed by atoms with Crippen LogP contribution >= 0.6 is 90.4 Å². The monoisotopic (exact) mass is 841 g/mol. The Morgan fingerprint density at radius 3 is 2.00 bits per heavy atom. The van der Waals surface area contributed by atoms with Crippen LogP contribution in [0.4, 0.5) is 0 Å². The summed E-state index contributed by atoms with van der Waals surface area (Å²) in [4.78, 5) is 22.4. The number of benzene rings is 2. The second kappa shape index (κ2) is 12.1. The van der Waals surface area contributed by atoms with Crippen molar-refractivity contribution in [2.24, 2.45) is 0 Å². The zero-order valence-electron chi connectivity index (χ0n) is 14.7. The van der Waals surface area contributed by atoms with Gasteiger partial charge in [-0.3, -0.25) is 4.79 Å². The Morgan fingerprint density at radius 2 is 1.57 bits per heavy atom. The molecule has 6 nitrogen and oxygen atoms in total. The summed E-state index contributed by atoms with van der Waals surface area (Å²) in [5.74, 6) is -0.304. The summed E-state index contributed by atoms with van der Waals surface area (Å²) in [7, 11) is 0. The number of carbonyl (C=O) groups excluding carboxylic acids is 2. The van der Waals surface area contributed by atoms with Gasteiger partial charge in [-0.25, -0.2) is 0 Å². The topological polar surface area (TPSA) is 98.7 Å². The Kier molecular flexibility index (Phi) is 11.6. The third kappa shape index (κ3) is 7.55. The fourth-order valence-corrected chi connectivity index (χ4v) is 6.05. The van der Waals surface area contributed by atoms with Crippen LogP contribution in [0.15, 0.2) is 24.3 Å². The van der Waals surface area contributed by atoms with Crippen LogP contribution in [-0.2, 0) is 16.0 Å². The first-order valence-electron chi connectivity index (χ1n) is 7.40. The maximum Gasteiger partial charge on any atom is 1.00 e. The van der Waals surface area contributed by atoms with Gasteiger partial charge in [-0.15, -0.1) is 0 Å². The van der Waals surface area contributed by atoms with E-state index in [0.29, 0.717) is 18.6 Å². The average Bonchev–Trinajstić information content (AvgIpc) is 2.54. The van der Waals surface area contributed by atoms with Crippen molar-refractivity contribution in [3.63, 3.8) is 0 Å². The van der Waals surface area contributed by atoms with Gasteiger partial charge in [0.05, 0.1) is 26.3 Å². The minimum Gasteiger partial charge on any atom is -0.548 e. The van der Waals surface area contributed by atoms with Crippen molar-refractivity contribution in [1.29, 1.82) is 0 Å². The van der Waals surface area contributed by atoms with Gasteiger partial charge < -0.3 is 25.1 Å².